The van der Waals surface area contributed by atoms with E-state index in [2.05, 4.69) is 6.58 Å². The van der Waals surface area contributed by atoms with Crippen LogP contribution in [-0.2, 0) is 16.6 Å². The average molecular weight is 574 g/mol. The molecule has 9 heteroatoms. The lowest BCUT2D eigenvalue weighted by molar-refractivity contribution is -0.127. The van der Waals surface area contributed by atoms with Gasteiger partial charge in [-0.3, -0.25) is 14.3 Å². The molecule has 7 nitrogen and oxygen atoms in total. The van der Waals surface area contributed by atoms with Crippen LogP contribution in [0.25, 0.3) is 20.7 Å². The Morgan fingerprint density at radius 1 is 1.23 bits per heavy atom. The Labute approximate surface area is 240 Å². The smallest absolute Gasteiger partial charge is 0.242 e. The van der Waals surface area contributed by atoms with E-state index in [9.17, 15) is 14.7 Å². The molecule has 4 aromatic rings. The molecule has 1 fully saturated rings. The Balaban J connectivity index is 1.46. The van der Waals surface area contributed by atoms with Crippen molar-refractivity contribution in [1.29, 1.82) is 0 Å². The van der Waals surface area contributed by atoms with Crippen molar-refractivity contribution in [1.82, 2.24) is 9.78 Å². The van der Waals surface area contributed by atoms with Gasteiger partial charge >= 0.3 is 0 Å². The second kappa shape index (κ2) is 9.35. The van der Waals surface area contributed by atoms with Gasteiger partial charge in [0.2, 0.25) is 11.8 Å². The van der Waals surface area contributed by atoms with Crippen LogP contribution >= 0.6 is 22.9 Å². The molecule has 204 valence electrons. The lowest BCUT2D eigenvalue weighted by Gasteiger charge is -2.40. The molecule has 1 aliphatic carbocycles. The number of benzene rings is 2. The number of hydrogen-bond donors (Lipinski definition) is 1. The number of methoxy groups -OCH3 is 1. The number of imide groups is 1. The van der Waals surface area contributed by atoms with E-state index in [-0.39, 0.29) is 17.6 Å². The van der Waals surface area contributed by atoms with E-state index in [1.165, 1.54) is 18.1 Å². The maximum Gasteiger partial charge on any atom is 0.242 e. The highest BCUT2D eigenvalue weighted by Gasteiger charge is 2.63. The number of carbonyl (C=O) groups excluding carboxylic acids is 2. The van der Waals surface area contributed by atoms with Gasteiger partial charge in [0.15, 0.2) is 0 Å². The number of nitrogens with zero attached hydrogens (tertiary/aromatic N) is 3. The lowest BCUT2D eigenvalue weighted by Crippen LogP contribution is -2.42. The van der Waals surface area contributed by atoms with Crippen LogP contribution in [0.5, 0.6) is 11.5 Å². The molecule has 0 bridgehead atoms. The number of phenolic OH excluding ortho intramolecular Hbond substituents is 1. The first-order chi connectivity index (χ1) is 19.1. The summed E-state index contributed by atoms with van der Waals surface area (Å²) in [6.07, 6.45) is 4.12. The minimum Gasteiger partial charge on any atom is -0.508 e. The number of ether oxygens (including phenoxy) is 1. The summed E-state index contributed by atoms with van der Waals surface area (Å²) in [6.45, 7) is 7.87. The van der Waals surface area contributed by atoms with Crippen molar-refractivity contribution in [3.05, 3.63) is 82.9 Å². The molecule has 2 aliphatic rings. The van der Waals surface area contributed by atoms with Crippen LogP contribution < -0.4 is 9.64 Å². The minimum atomic E-state index is -1.10. The number of hydrogen-bond acceptors (Lipinski definition) is 6. The molecule has 0 radical (unpaired) electrons. The molecule has 2 amide bonds. The van der Waals surface area contributed by atoms with Crippen LogP contribution in [0.1, 0.15) is 30.4 Å². The molecule has 0 spiro atoms. The Bertz CT molecular complexity index is 1770. The first kappa shape index (κ1) is 26.3. The Hall–Kier alpha value is -3.88. The third kappa shape index (κ3) is 3.66. The van der Waals surface area contributed by atoms with E-state index in [0.717, 1.165) is 26.1 Å². The predicted molar refractivity (Wildman–Crippen MR) is 158 cm³/mol. The maximum atomic E-state index is 14.4. The van der Waals surface area contributed by atoms with Crippen LogP contribution in [0.4, 0.5) is 5.82 Å². The van der Waals surface area contributed by atoms with Crippen LogP contribution in [0, 0.1) is 18.3 Å². The summed E-state index contributed by atoms with van der Waals surface area (Å²) >= 11 is 7.84. The number of carbonyl (C=O) groups is 2. The van der Waals surface area contributed by atoms with E-state index in [1.807, 2.05) is 44.2 Å². The van der Waals surface area contributed by atoms with Gasteiger partial charge in [0, 0.05) is 40.4 Å². The molecule has 2 aromatic carbocycles. The summed E-state index contributed by atoms with van der Waals surface area (Å²) in [6, 6.07) is 12.5. The predicted octanol–water partition coefficient (Wildman–Crippen LogP) is 6.77. The number of aryl methyl sites for hydroxylation is 2. The third-order valence-corrected chi connectivity index (χ3v) is 9.94. The van der Waals surface area contributed by atoms with Gasteiger partial charge in [0.1, 0.15) is 23.0 Å². The number of allylic oxidation sites excluding steroid dienone is 3. The van der Waals surface area contributed by atoms with E-state index in [0.29, 0.717) is 34.3 Å². The van der Waals surface area contributed by atoms with Crippen molar-refractivity contribution < 1.29 is 19.4 Å². The second-order valence-corrected chi connectivity index (χ2v) is 12.0. The van der Waals surface area contributed by atoms with Gasteiger partial charge in [-0.2, -0.15) is 5.10 Å². The number of fused-ring (bicyclic) bond motifs is 2. The molecule has 3 atom stereocenters. The van der Waals surface area contributed by atoms with Crippen molar-refractivity contribution in [3.63, 3.8) is 0 Å². The molecule has 3 heterocycles. The van der Waals surface area contributed by atoms with Gasteiger partial charge < -0.3 is 9.84 Å². The molecular weight excluding hydrogens is 546 g/mol. The number of aromatic nitrogens is 2. The molecule has 3 unspecified atom stereocenters. The fraction of sp³-hybridized carbons (Fsp3) is 0.258. The zero-order chi connectivity index (χ0) is 28.5. The lowest BCUT2D eigenvalue weighted by atomic mass is 9.60. The number of anilines is 1. The van der Waals surface area contributed by atoms with Gasteiger partial charge in [-0.1, -0.05) is 36.4 Å². The Morgan fingerprint density at radius 3 is 2.73 bits per heavy atom. The molecule has 6 rings (SSSR count). The summed E-state index contributed by atoms with van der Waals surface area (Å²) in [5.74, 6) is -0.720. The maximum absolute atomic E-state index is 14.4. The monoisotopic (exact) mass is 573 g/mol. The van der Waals surface area contributed by atoms with Gasteiger partial charge in [-0.25, -0.2) is 4.90 Å². The minimum absolute atomic E-state index is 0.0545. The van der Waals surface area contributed by atoms with Crippen LogP contribution in [-0.4, -0.2) is 33.8 Å². The van der Waals surface area contributed by atoms with Crippen molar-refractivity contribution in [2.45, 2.75) is 26.2 Å². The number of thiophene rings is 1. The van der Waals surface area contributed by atoms with Crippen molar-refractivity contribution >= 4 is 50.7 Å². The highest BCUT2D eigenvalue weighted by molar-refractivity contribution is 7.22. The molecule has 40 heavy (non-hydrogen) atoms. The molecule has 2 aromatic heterocycles. The SMILES string of the molecule is C=CC1=CCC2C(=O)N(c3cc(-c4sc5ccc(Cl)cc5c4C)nn3C)C(=O)C2(C)C1c1ccc(O)cc1OC. The van der Waals surface area contributed by atoms with E-state index in [1.54, 1.807) is 41.3 Å². The van der Waals surface area contributed by atoms with Gasteiger partial charge in [0.05, 0.1) is 23.3 Å². The summed E-state index contributed by atoms with van der Waals surface area (Å²) in [4.78, 5) is 30.7. The number of aromatic hydroxyl groups is 1. The zero-order valence-corrected chi connectivity index (χ0v) is 24.1. The molecule has 1 aliphatic heterocycles. The molecular formula is C31H28ClN3O4S. The number of amides is 2. The second-order valence-electron chi connectivity index (χ2n) is 10.5. The zero-order valence-electron chi connectivity index (χ0n) is 22.6. The highest BCUT2D eigenvalue weighted by Crippen LogP contribution is 2.58. The van der Waals surface area contributed by atoms with Crippen LogP contribution in [0.15, 0.2) is 66.8 Å². The van der Waals surface area contributed by atoms with Crippen molar-refractivity contribution in [3.8, 4) is 22.1 Å². The van der Waals surface area contributed by atoms with E-state index >= 15 is 0 Å². The third-order valence-electron chi connectivity index (χ3n) is 8.41. The van der Waals surface area contributed by atoms with Crippen LogP contribution in [0.2, 0.25) is 5.02 Å². The molecule has 0 saturated carbocycles. The fourth-order valence-corrected chi connectivity index (χ4v) is 7.68. The first-order valence-corrected chi connectivity index (χ1v) is 14.1. The summed E-state index contributed by atoms with van der Waals surface area (Å²) < 4.78 is 8.29. The highest BCUT2D eigenvalue weighted by atomic mass is 35.5. The summed E-state index contributed by atoms with van der Waals surface area (Å²) in [5, 5.41) is 16.5. The molecule has 1 saturated heterocycles. The summed E-state index contributed by atoms with van der Waals surface area (Å²) in [7, 11) is 3.27. The van der Waals surface area contributed by atoms with Gasteiger partial charge in [-0.05, 0) is 61.1 Å². The van der Waals surface area contributed by atoms with Gasteiger partial charge in [-0.15, -0.1) is 11.3 Å². The van der Waals surface area contributed by atoms with Crippen LogP contribution in [0.3, 0.4) is 0 Å². The van der Waals surface area contributed by atoms with E-state index in [4.69, 9.17) is 21.4 Å². The fourth-order valence-electron chi connectivity index (χ4n) is 6.36. The van der Waals surface area contributed by atoms with Gasteiger partial charge in [0.25, 0.3) is 0 Å². The number of halogens is 1. The summed E-state index contributed by atoms with van der Waals surface area (Å²) in [5.41, 5.74) is 2.19. The number of rotatable bonds is 5. The quantitative estimate of drug-likeness (QED) is 0.266. The van der Waals surface area contributed by atoms with Crippen molar-refractivity contribution in [2.24, 2.45) is 18.4 Å². The standard InChI is InChI=1S/C31H28ClN3O4S/c1-6-17-7-11-22-29(37)35(30(38)31(22,3)27(17)20-10-9-19(36)14-24(20)39-5)26-15-23(33-34(26)4)28-16(2)21-13-18(32)8-12-25(21)40-28/h6-10,12-15,22,27,36H,1,11H2,2-5H3. The normalized spacial score (nSPS) is 22.5. The Kier molecular flexibility index (Phi) is 6.16. The Morgan fingerprint density at radius 2 is 2.00 bits per heavy atom. The largest absolute Gasteiger partial charge is 0.508 e. The first-order valence-electron chi connectivity index (χ1n) is 12.9. The van der Waals surface area contributed by atoms with Crippen molar-refractivity contribution in [2.75, 3.05) is 12.0 Å². The topological polar surface area (TPSA) is 84.7 Å². The van der Waals surface area contributed by atoms with E-state index < -0.39 is 17.3 Å². The number of phenols is 1. The average Bonchev–Trinajstić information content (AvgIpc) is 3.53. The molecule has 1 N–H and O–H groups in total.